The zero-order valence-electron chi connectivity index (χ0n) is 18.4. The molecule has 1 amide bonds. The van der Waals surface area contributed by atoms with Gasteiger partial charge in [-0.15, -0.1) is 0 Å². The van der Waals surface area contributed by atoms with E-state index in [9.17, 15) is 13.2 Å². The average Bonchev–Trinajstić information content (AvgIpc) is 2.86. The fourth-order valence-electron chi connectivity index (χ4n) is 3.65. The Bertz CT molecular complexity index is 1230. The second kappa shape index (κ2) is 10.3. The summed E-state index contributed by atoms with van der Waals surface area (Å²) in [5.74, 6) is -0.309. The number of nitrogens with zero attached hydrogens (tertiary/aromatic N) is 3. The summed E-state index contributed by atoms with van der Waals surface area (Å²) in [6.07, 6.45) is 2.32. The van der Waals surface area contributed by atoms with Crippen molar-refractivity contribution >= 4 is 26.8 Å². The van der Waals surface area contributed by atoms with E-state index in [1.807, 2.05) is 12.1 Å². The molecule has 9 nitrogen and oxygen atoms in total. The second-order valence-corrected chi connectivity index (χ2v) is 9.51. The summed E-state index contributed by atoms with van der Waals surface area (Å²) >= 11 is 0. The summed E-state index contributed by atoms with van der Waals surface area (Å²) in [6.45, 7) is 2.27. The number of morpholine rings is 1. The third kappa shape index (κ3) is 5.19. The van der Waals surface area contributed by atoms with Gasteiger partial charge in [-0.05, 0) is 42.8 Å². The number of pyridine rings is 2. The zero-order chi connectivity index (χ0) is 23.3. The van der Waals surface area contributed by atoms with Crippen LogP contribution in [0, 0.1) is 0 Å². The van der Waals surface area contributed by atoms with Crippen molar-refractivity contribution in [3.8, 4) is 11.4 Å². The van der Waals surface area contributed by atoms with Crippen LogP contribution in [0.3, 0.4) is 0 Å². The van der Waals surface area contributed by atoms with E-state index in [1.165, 1.54) is 16.4 Å². The molecule has 0 saturated carbocycles. The Labute approximate surface area is 192 Å². The molecule has 1 saturated heterocycles. The summed E-state index contributed by atoms with van der Waals surface area (Å²) in [6, 6.07) is 11.8. The molecule has 0 spiro atoms. The first-order chi connectivity index (χ1) is 16.0. The molecule has 4 rings (SSSR count). The van der Waals surface area contributed by atoms with Crippen molar-refractivity contribution in [3.05, 3.63) is 54.2 Å². The van der Waals surface area contributed by atoms with Crippen LogP contribution in [-0.2, 0) is 19.5 Å². The molecule has 3 aromatic rings. The van der Waals surface area contributed by atoms with Gasteiger partial charge in [0.1, 0.15) is 0 Å². The molecule has 0 aliphatic carbocycles. The van der Waals surface area contributed by atoms with Gasteiger partial charge >= 0.3 is 0 Å². The number of fused-ring (bicyclic) bond motifs is 1. The van der Waals surface area contributed by atoms with Gasteiger partial charge in [0.25, 0.3) is 5.91 Å². The molecule has 2 aromatic heterocycles. The molecule has 0 bridgehead atoms. The summed E-state index contributed by atoms with van der Waals surface area (Å²) in [4.78, 5) is 22.2. The minimum atomic E-state index is -3.72. The minimum Gasteiger partial charge on any atom is -0.385 e. The van der Waals surface area contributed by atoms with Gasteiger partial charge in [-0.25, -0.2) is 13.4 Å². The lowest BCUT2D eigenvalue weighted by Crippen LogP contribution is -2.40. The van der Waals surface area contributed by atoms with Crippen molar-refractivity contribution in [2.45, 2.75) is 11.3 Å². The highest BCUT2D eigenvalue weighted by Gasteiger charge is 2.27. The molecule has 0 atom stereocenters. The summed E-state index contributed by atoms with van der Waals surface area (Å²) in [7, 11) is -2.11. The SMILES string of the molecule is COCCCNC(=O)c1cc(-c2ccccn2)nc2ccc(S(=O)(=O)N3CCOCC3)cc12. The fourth-order valence-corrected chi connectivity index (χ4v) is 5.08. The van der Waals surface area contributed by atoms with Crippen LogP contribution in [0.25, 0.3) is 22.3 Å². The number of rotatable bonds is 8. The molecule has 1 aromatic carbocycles. The van der Waals surface area contributed by atoms with Crippen molar-refractivity contribution < 1.29 is 22.7 Å². The maximum atomic E-state index is 13.2. The van der Waals surface area contributed by atoms with Crippen molar-refractivity contribution in [2.24, 2.45) is 0 Å². The number of hydrogen-bond donors (Lipinski definition) is 1. The van der Waals surface area contributed by atoms with E-state index in [0.29, 0.717) is 73.7 Å². The third-order valence-electron chi connectivity index (χ3n) is 5.37. The van der Waals surface area contributed by atoms with E-state index in [-0.39, 0.29) is 10.8 Å². The number of methoxy groups -OCH3 is 1. The van der Waals surface area contributed by atoms with Crippen LogP contribution < -0.4 is 5.32 Å². The summed E-state index contributed by atoms with van der Waals surface area (Å²) < 4.78 is 38.1. The number of carbonyl (C=O) groups is 1. The van der Waals surface area contributed by atoms with Gasteiger partial charge in [-0.2, -0.15) is 4.31 Å². The Kier molecular flexibility index (Phi) is 7.29. The van der Waals surface area contributed by atoms with Crippen molar-refractivity contribution in [1.82, 2.24) is 19.6 Å². The van der Waals surface area contributed by atoms with Crippen LogP contribution >= 0.6 is 0 Å². The number of nitrogens with one attached hydrogen (secondary N) is 1. The molecule has 10 heteroatoms. The van der Waals surface area contributed by atoms with Gasteiger partial charge in [0.2, 0.25) is 10.0 Å². The second-order valence-electron chi connectivity index (χ2n) is 7.57. The molecule has 1 aliphatic rings. The first-order valence-electron chi connectivity index (χ1n) is 10.7. The predicted octanol–water partition coefficient (Wildman–Crippen LogP) is 2.08. The maximum Gasteiger partial charge on any atom is 0.252 e. The highest BCUT2D eigenvalue weighted by Crippen LogP contribution is 2.27. The number of aromatic nitrogens is 2. The fraction of sp³-hybridized carbons (Fsp3) is 0.348. The van der Waals surface area contributed by atoms with Crippen LogP contribution in [0.5, 0.6) is 0 Å². The lowest BCUT2D eigenvalue weighted by Gasteiger charge is -2.26. The lowest BCUT2D eigenvalue weighted by atomic mass is 10.1. The minimum absolute atomic E-state index is 0.123. The molecule has 1 fully saturated rings. The largest absolute Gasteiger partial charge is 0.385 e. The first kappa shape index (κ1) is 23.2. The smallest absolute Gasteiger partial charge is 0.252 e. The van der Waals surface area contributed by atoms with E-state index in [2.05, 4.69) is 15.3 Å². The standard InChI is InChI=1S/C23H26N4O5S/c1-31-12-4-9-25-23(28)19-16-22(21-5-2-3-8-24-21)26-20-7-6-17(15-18(19)20)33(29,30)27-10-13-32-14-11-27/h2-3,5-8,15-16H,4,9-14H2,1H3,(H,25,28). The zero-order valence-corrected chi connectivity index (χ0v) is 19.2. The van der Waals surface area contributed by atoms with Gasteiger partial charge in [-0.1, -0.05) is 6.07 Å². The number of hydrogen-bond acceptors (Lipinski definition) is 7. The van der Waals surface area contributed by atoms with Crippen LogP contribution in [-0.4, -0.2) is 75.2 Å². The Morgan fingerprint density at radius 2 is 1.97 bits per heavy atom. The molecule has 33 heavy (non-hydrogen) atoms. The van der Waals surface area contributed by atoms with Gasteiger partial charge in [0, 0.05) is 44.9 Å². The number of benzene rings is 1. The van der Waals surface area contributed by atoms with Crippen LogP contribution in [0.1, 0.15) is 16.8 Å². The van der Waals surface area contributed by atoms with Crippen LogP contribution in [0.4, 0.5) is 0 Å². The van der Waals surface area contributed by atoms with E-state index in [4.69, 9.17) is 9.47 Å². The van der Waals surface area contributed by atoms with E-state index in [0.717, 1.165) is 0 Å². The van der Waals surface area contributed by atoms with Crippen molar-refractivity contribution in [3.63, 3.8) is 0 Å². The Balaban J connectivity index is 1.77. The highest BCUT2D eigenvalue weighted by atomic mass is 32.2. The molecular weight excluding hydrogens is 444 g/mol. The van der Waals surface area contributed by atoms with E-state index in [1.54, 1.807) is 31.5 Å². The predicted molar refractivity (Wildman–Crippen MR) is 123 cm³/mol. The molecule has 1 N–H and O–H groups in total. The average molecular weight is 471 g/mol. The quantitative estimate of drug-likeness (QED) is 0.502. The summed E-state index contributed by atoms with van der Waals surface area (Å²) in [5, 5.41) is 3.35. The van der Waals surface area contributed by atoms with Crippen molar-refractivity contribution in [2.75, 3.05) is 46.6 Å². The molecule has 1 aliphatic heterocycles. The van der Waals surface area contributed by atoms with Crippen molar-refractivity contribution in [1.29, 1.82) is 0 Å². The Morgan fingerprint density at radius 3 is 2.70 bits per heavy atom. The molecule has 174 valence electrons. The normalized spacial score (nSPS) is 14.9. The number of amides is 1. The molecular formula is C23H26N4O5S. The van der Waals surface area contributed by atoms with Gasteiger partial charge in [0.15, 0.2) is 0 Å². The number of ether oxygens (including phenoxy) is 2. The molecule has 3 heterocycles. The first-order valence-corrected chi connectivity index (χ1v) is 12.2. The van der Waals surface area contributed by atoms with Gasteiger partial charge < -0.3 is 14.8 Å². The monoisotopic (exact) mass is 470 g/mol. The van der Waals surface area contributed by atoms with E-state index >= 15 is 0 Å². The third-order valence-corrected chi connectivity index (χ3v) is 7.27. The van der Waals surface area contributed by atoms with E-state index < -0.39 is 10.0 Å². The molecule has 0 radical (unpaired) electrons. The van der Waals surface area contributed by atoms with Crippen LogP contribution in [0.2, 0.25) is 0 Å². The lowest BCUT2D eigenvalue weighted by molar-refractivity contribution is 0.0730. The van der Waals surface area contributed by atoms with Gasteiger partial charge in [-0.3, -0.25) is 9.78 Å². The topological polar surface area (TPSA) is 111 Å². The Morgan fingerprint density at radius 1 is 1.15 bits per heavy atom. The highest BCUT2D eigenvalue weighted by molar-refractivity contribution is 7.89. The Hall–Kier alpha value is -2.92. The number of carbonyl (C=O) groups excluding carboxylic acids is 1. The van der Waals surface area contributed by atoms with Crippen LogP contribution in [0.15, 0.2) is 53.6 Å². The summed E-state index contributed by atoms with van der Waals surface area (Å²) in [5.41, 5.74) is 2.02. The maximum absolute atomic E-state index is 13.2. The number of sulfonamides is 1. The molecule has 0 unspecified atom stereocenters. The van der Waals surface area contributed by atoms with Gasteiger partial charge in [0.05, 0.1) is 40.6 Å².